The lowest BCUT2D eigenvalue weighted by atomic mass is 10.0. The van der Waals surface area contributed by atoms with Crippen molar-refractivity contribution in [3.05, 3.63) is 59.9 Å². The minimum absolute atomic E-state index is 0.189. The number of rotatable bonds is 4. The molecule has 0 aliphatic carbocycles. The van der Waals surface area contributed by atoms with Gasteiger partial charge in [0.25, 0.3) is 5.91 Å². The molecule has 0 saturated heterocycles. The van der Waals surface area contributed by atoms with E-state index in [0.29, 0.717) is 12.2 Å². The lowest BCUT2D eigenvalue weighted by Crippen LogP contribution is -2.28. The number of nitrogens with one attached hydrogen (secondary N) is 1. The van der Waals surface area contributed by atoms with Gasteiger partial charge in [-0.3, -0.25) is 4.79 Å². The van der Waals surface area contributed by atoms with Crippen LogP contribution < -0.4 is 5.32 Å². The molecule has 0 spiro atoms. The van der Waals surface area contributed by atoms with Crippen LogP contribution in [0.15, 0.2) is 48.7 Å². The van der Waals surface area contributed by atoms with Crippen LogP contribution >= 0.6 is 0 Å². The van der Waals surface area contributed by atoms with Crippen molar-refractivity contribution in [2.45, 2.75) is 12.8 Å². The van der Waals surface area contributed by atoms with Crippen LogP contribution in [0.2, 0.25) is 0 Å². The lowest BCUT2D eigenvalue weighted by Gasteiger charge is -2.12. The number of nitrogens with zero attached hydrogens (tertiary/aromatic N) is 2. The zero-order chi connectivity index (χ0) is 12.8. The molecule has 4 heteroatoms. The van der Waals surface area contributed by atoms with Gasteiger partial charge in [-0.25, -0.2) is 0 Å². The van der Waals surface area contributed by atoms with E-state index in [1.165, 1.54) is 5.56 Å². The Bertz CT molecular complexity index is 499. The number of carbonyl (C=O) groups excluding carboxylic acids is 1. The first-order valence-electron chi connectivity index (χ1n) is 5.88. The molecular weight excluding hydrogens is 226 g/mol. The van der Waals surface area contributed by atoms with E-state index in [2.05, 4.69) is 34.6 Å². The fourth-order valence-corrected chi connectivity index (χ4v) is 1.66. The fourth-order valence-electron chi connectivity index (χ4n) is 1.66. The van der Waals surface area contributed by atoms with Gasteiger partial charge in [0.15, 0.2) is 5.69 Å². The van der Waals surface area contributed by atoms with Crippen molar-refractivity contribution in [2.24, 2.45) is 0 Å². The smallest absolute Gasteiger partial charge is 0.271 e. The first-order chi connectivity index (χ1) is 8.77. The Balaban J connectivity index is 1.91. The minimum atomic E-state index is -0.189. The molecule has 1 aromatic heterocycles. The number of carbonyl (C=O) groups is 1. The number of hydrogen-bond donors (Lipinski definition) is 1. The van der Waals surface area contributed by atoms with Gasteiger partial charge >= 0.3 is 0 Å². The van der Waals surface area contributed by atoms with E-state index in [4.69, 9.17) is 0 Å². The summed E-state index contributed by atoms with van der Waals surface area (Å²) in [6.45, 7) is 2.66. The van der Waals surface area contributed by atoms with E-state index in [9.17, 15) is 4.79 Å². The summed E-state index contributed by atoms with van der Waals surface area (Å²) in [5.74, 6) is 0.0812. The van der Waals surface area contributed by atoms with Crippen LogP contribution in [0.3, 0.4) is 0 Å². The van der Waals surface area contributed by atoms with Gasteiger partial charge in [0.1, 0.15) is 0 Å². The Morgan fingerprint density at radius 1 is 1.22 bits per heavy atom. The van der Waals surface area contributed by atoms with Gasteiger partial charge < -0.3 is 5.32 Å². The largest absolute Gasteiger partial charge is 0.350 e. The highest BCUT2D eigenvalue weighted by atomic mass is 16.1. The average Bonchev–Trinajstić information content (AvgIpc) is 2.46. The van der Waals surface area contributed by atoms with Crippen LogP contribution in [0.25, 0.3) is 0 Å². The maximum atomic E-state index is 11.8. The fraction of sp³-hybridized carbons (Fsp3) is 0.214. The van der Waals surface area contributed by atoms with E-state index in [1.54, 1.807) is 18.3 Å². The molecule has 1 unspecified atom stereocenters. The maximum Gasteiger partial charge on any atom is 0.271 e. The molecule has 0 radical (unpaired) electrons. The number of benzene rings is 1. The Kier molecular flexibility index (Phi) is 4.02. The van der Waals surface area contributed by atoms with Crippen LogP contribution in [0.4, 0.5) is 0 Å². The minimum Gasteiger partial charge on any atom is -0.350 e. The number of hydrogen-bond acceptors (Lipinski definition) is 3. The Morgan fingerprint density at radius 3 is 2.67 bits per heavy atom. The third-order valence-electron chi connectivity index (χ3n) is 2.74. The van der Waals surface area contributed by atoms with E-state index in [1.807, 2.05) is 18.2 Å². The van der Waals surface area contributed by atoms with Crippen LogP contribution in [-0.4, -0.2) is 22.6 Å². The highest BCUT2D eigenvalue weighted by Gasteiger charge is 2.09. The second-order valence-corrected chi connectivity index (χ2v) is 4.13. The summed E-state index contributed by atoms with van der Waals surface area (Å²) in [5, 5.41) is 10.3. The van der Waals surface area contributed by atoms with Gasteiger partial charge in [-0.2, -0.15) is 5.10 Å². The van der Waals surface area contributed by atoms with Gasteiger partial charge in [0.05, 0.1) is 0 Å². The Hall–Kier alpha value is -2.23. The summed E-state index contributed by atoms with van der Waals surface area (Å²) < 4.78 is 0. The number of aromatic nitrogens is 2. The van der Waals surface area contributed by atoms with Gasteiger partial charge in [-0.05, 0) is 23.6 Å². The van der Waals surface area contributed by atoms with Crippen molar-refractivity contribution in [3.8, 4) is 0 Å². The molecule has 1 aromatic carbocycles. The van der Waals surface area contributed by atoms with Crippen molar-refractivity contribution in [1.82, 2.24) is 15.5 Å². The van der Waals surface area contributed by atoms with Gasteiger partial charge in [-0.1, -0.05) is 37.3 Å². The zero-order valence-electron chi connectivity index (χ0n) is 10.2. The molecule has 1 heterocycles. The molecule has 0 bridgehead atoms. The van der Waals surface area contributed by atoms with Crippen molar-refractivity contribution in [1.29, 1.82) is 0 Å². The zero-order valence-corrected chi connectivity index (χ0v) is 10.2. The predicted molar refractivity (Wildman–Crippen MR) is 69.2 cm³/mol. The molecule has 18 heavy (non-hydrogen) atoms. The van der Waals surface area contributed by atoms with Crippen LogP contribution in [-0.2, 0) is 0 Å². The normalized spacial score (nSPS) is 11.8. The molecule has 4 nitrogen and oxygen atoms in total. The second kappa shape index (κ2) is 5.91. The van der Waals surface area contributed by atoms with Crippen molar-refractivity contribution < 1.29 is 4.79 Å². The summed E-state index contributed by atoms with van der Waals surface area (Å²) in [7, 11) is 0. The summed E-state index contributed by atoms with van der Waals surface area (Å²) in [4.78, 5) is 11.8. The van der Waals surface area contributed by atoms with Crippen molar-refractivity contribution in [3.63, 3.8) is 0 Å². The molecule has 1 N–H and O–H groups in total. The van der Waals surface area contributed by atoms with Gasteiger partial charge in [0, 0.05) is 12.7 Å². The highest BCUT2D eigenvalue weighted by Crippen LogP contribution is 2.13. The summed E-state index contributed by atoms with van der Waals surface area (Å²) >= 11 is 0. The van der Waals surface area contributed by atoms with E-state index < -0.39 is 0 Å². The second-order valence-electron chi connectivity index (χ2n) is 4.13. The predicted octanol–water partition coefficient (Wildman–Crippen LogP) is 2.01. The average molecular weight is 241 g/mol. The first kappa shape index (κ1) is 12.2. The van der Waals surface area contributed by atoms with E-state index >= 15 is 0 Å². The standard InChI is InChI=1S/C14H15N3O/c1-11(12-6-3-2-4-7-12)10-15-14(18)13-8-5-9-16-17-13/h2-9,11H,10H2,1H3,(H,15,18). The lowest BCUT2D eigenvalue weighted by molar-refractivity contribution is 0.0945. The molecule has 92 valence electrons. The number of amides is 1. The monoisotopic (exact) mass is 241 g/mol. The highest BCUT2D eigenvalue weighted by molar-refractivity contribution is 5.91. The molecule has 1 atom stereocenters. The maximum absolute atomic E-state index is 11.8. The topological polar surface area (TPSA) is 54.9 Å². The quantitative estimate of drug-likeness (QED) is 0.890. The van der Waals surface area contributed by atoms with Crippen LogP contribution in [0.5, 0.6) is 0 Å². The molecule has 0 saturated carbocycles. The van der Waals surface area contributed by atoms with Crippen LogP contribution in [0, 0.1) is 0 Å². The summed E-state index contributed by atoms with van der Waals surface area (Å²) in [6.07, 6.45) is 1.55. The van der Waals surface area contributed by atoms with E-state index in [-0.39, 0.29) is 11.8 Å². The van der Waals surface area contributed by atoms with Crippen LogP contribution in [0.1, 0.15) is 28.9 Å². The molecular formula is C14H15N3O. The molecule has 0 aliphatic heterocycles. The SMILES string of the molecule is CC(CNC(=O)c1cccnn1)c1ccccc1. The molecule has 1 amide bonds. The van der Waals surface area contributed by atoms with Gasteiger partial charge in [-0.15, -0.1) is 5.10 Å². The molecule has 0 fully saturated rings. The van der Waals surface area contributed by atoms with E-state index in [0.717, 1.165) is 0 Å². The first-order valence-corrected chi connectivity index (χ1v) is 5.88. The molecule has 2 rings (SSSR count). The van der Waals surface area contributed by atoms with Crippen molar-refractivity contribution >= 4 is 5.91 Å². The molecule has 2 aromatic rings. The van der Waals surface area contributed by atoms with Crippen molar-refractivity contribution in [2.75, 3.05) is 6.54 Å². The third-order valence-corrected chi connectivity index (χ3v) is 2.74. The molecule has 0 aliphatic rings. The summed E-state index contributed by atoms with van der Waals surface area (Å²) in [6, 6.07) is 13.4. The Labute approximate surface area is 106 Å². The Morgan fingerprint density at radius 2 is 2.00 bits per heavy atom. The summed E-state index contributed by atoms with van der Waals surface area (Å²) in [5.41, 5.74) is 1.55. The third kappa shape index (κ3) is 3.13. The van der Waals surface area contributed by atoms with Gasteiger partial charge in [0.2, 0.25) is 0 Å².